The molecular formula is C62H72Cl2SiZr-2. The Morgan fingerprint density at radius 3 is 0.924 bits per heavy atom. The van der Waals surface area contributed by atoms with Crippen molar-refractivity contribution in [1.29, 1.82) is 0 Å². The molecular weight excluding hydrogens is 935 g/mol. The molecule has 0 fully saturated rings. The van der Waals surface area contributed by atoms with Crippen molar-refractivity contribution in [3.63, 3.8) is 0 Å². The average molecular weight is 1010 g/mol. The monoisotopic (exact) mass is 1000 g/mol. The third-order valence-electron chi connectivity index (χ3n) is 12.5. The predicted octanol–water partition coefficient (Wildman–Crippen LogP) is 12.8. The maximum absolute atomic E-state index is 2.45. The molecule has 0 aliphatic heterocycles. The Morgan fingerprint density at radius 2 is 0.636 bits per heavy atom. The van der Waals surface area contributed by atoms with Crippen LogP contribution < -0.4 is 24.8 Å². The van der Waals surface area contributed by atoms with Crippen molar-refractivity contribution in [2.45, 2.75) is 132 Å². The Labute approximate surface area is 427 Å². The number of aryl methyl sites for hydroxylation is 6. The van der Waals surface area contributed by atoms with Crippen molar-refractivity contribution in [3.05, 3.63) is 179 Å². The van der Waals surface area contributed by atoms with Crippen molar-refractivity contribution in [2.75, 3.05) is 0 Å². The molecule has 0 amide bonds. The quantitative estimate of drug-likeness (QED) is 0.0514. The summed E-state index contributed by atoms with van der Waals surface area (Å²) in [5.41, 5.74) is 19.0. The summed E-state index contributed by atoms with van der Waals surface area (Å²) in [4.78, 5) is 0. The maximum Gasteiger partial charge on any atom is -1.00 e. The second-order valence-corrected chi connectivity index (χ2v) is 27.9. The fourth-order valence-electron chi connectivity index (χ4n) is 8.81. The molecule has 8 rings (SSSR count). The van der Waals surface area contributed by atoms with E-state index < -0.39 is 0 Å². The Kier molecular flexibility index (Phi) is 23.2. The Morgan fingerprint density at radius 1 is 0.379 bits per heavy atom. The van der Waals surface area contributed by atoms with E-state index in [1.54, 1.807) is 23.3 Å². The van der Waals surface area contributed by atoms with Crippen LogP contribution in [0.4, 0.5) is 0 Å². The summed E-state index contributed by atoms with van der Waals surface area (Å²) < 4.78 is 0. The Balaban J connectivity index is 0.000000260. The number of unbranched alkanes of at least 4 members (excludes halogenated alkanes) is 8. The van der Waals surface area contributed by atoms with E-state index in [1.165, 1.54) is 176 Å². The molecule has 0 unspecified atom stereocenters. The fourth-order valence-corrected chi connectivity index (χ4v) is 8.81. The van der Waals surface area contributed by atoms with E-state index in [4.69, 9.17) is 0 Å². The summed E-state index contributed by atoms with van der Waals surface area (Å²) in [7, 11) is 0. The van der Waals surface area contributed by atoms with Gasteiger partial charge in [0, 0.05) is 0 Å². The van der Waals surface area contributed by atoms with E-state index in [-0.39, 0.29) is 30.2 Å². The van der Waals surface area contributed by atoms with Crippen LogP contribution in [0.3, 0.4) is 0 Å². The average Bonchev–Trinajstić information content (AvgIpc) is 3.92. The van der Waals surface area contributed by atoms with Gasteiger partial charge in [-0.25, -0.2) is 0 Å². The Hall–Kier alpha value is -3.78. The van der Waals surface area contributed by atoms with Gasteiger partial charge in [-0.2, -0.15) is 12.1 Å². The molecule has 8 aromatic carbocycles. The Bertz CT molecular complexity index is 2330. The first-order valence-electron chi connectivity index (χ1n) is 24.3. The molecule has 344 valence electrons. The van der Waals surface area contributed by atoms with Gasteiger partial charge < -0.3 is 24.8 Å². The summed E-state index contributed by atoms with van der Waals surface area (Å²) in [5.74, 6) is 0. The number of hydrogen-bond acceptors (Lipinski definition) is 0. The van der Waals surface area contributed by atoms with Gasteiger partial charge in [0.25, 0.3) is 0 Å². The molecule has 0 saturated carbocycles. The molecule has 0 saturated heterocycles. The van der Waals surface area contributed by atoms with Crippen molar-refractivity contribution < 1.29 is 48.1 Å². The summed E-state index contributed by atoms with van der Waals surface area (Å²) in [6.45, 7) is 17.8. The first-order valence-corrected chi connectivity index (χ1v) is 30.5. The molecule has 0 N–H and O–H groups in total. The molecule has 66 heavy (non-hydrogen) atoms. The summed E-state index contributed by atoms with van der Waals surface area (Å²) in [6.07, 6.45) is 15.7. The van der Waals surface area contributed by atoms with Gasteiger partial charge in [-0.15, -0.1) is 44.8 Å². The zero-order valence-electron chi connectivity index (χ0n) is 41.1. The van der Waals surface area contributed by atoms with Gasteiger partial charge in [-0.1, -0.05) is 255 Å². The van der Waals surface area contributed by atoms with Gasteiger partial charge in [-0.3, -0.25) is 0 Å². The van der Waals surface area contributed by atoms with E-state index in [9.17, 15) is 0 Å². The summed E-state index contributed by atoms with van der Waals surface area (Å²) in [6, 6.07) is 54.8. The zero-order valence-corrected chi connectivity index (χ0v) is 46.1. The maximum atomic E-state index is 2.45. The molecule has 4 heteroatoms. The zero-order chi connectivity index (χ0) is 45.4. The van der Waals surface area contributed by atoms with E-state index in [0.717, 1.165) is 0 Å². The second kappa shape index (κ2) is 27.9. The van der Waals surface area contributed by atoms with Crippen LogP contribution in [0.25, 0.3) is 66.1 Å². The molecule has 0 spiro atoms. The minimum absolute atomic E-state index is 0. The molecule has 0 radical (unpaired) electrons. The van der Waals surface area contributed by atoms with E-state index in [2.05, 4.69) is 200 Å². The van der Waals surface area contributed by atoms with Gasteiger partial charge in [0.1, 0.15) is 0 Å². The van der Waals surface area contributed by atoms with Gasteiger partial charge in [0.05, 0.1) is 0 Å². The van der Waals surface area contributed by atoms with E-state index in [0.29, 0.717) is 0 Å². The number of hydrogen-bond donors (Lipinski definition) is 0. The van der Waals surface area contributed by atoms with Crippen LogP contribution >= 0.6 is 0 Å². The fraction of sp³-hybridized carbons (Fsp3) is 0.323. The third kappa shape index (κ3) is 15.6. The van der Waals surface area contributed by atoms with Crippen LogP contribution in [-0.4, -0.2) is 5.43 Å². The van der Waals surface area contributed by atoms with Gasteiger partial charge in [0.2, 0.25) is 0 Å². The number of benzene rings is 6. The van der Waals surface area contributed by atoms with Crippen molar-refractivity contribution in [3.8, 4) is 44.5 Å². The van der Waals surface area contributed by atoms with Crippen LogP contribution in [0, 0.1) is 27.7 Å². The molecule has 0 aromatic heterocycles. The smallest absolute Gasteiger partial charge is 1.00 e. The van der Waals surface area contributed by atoms with Crippen LogP contribution in [0.2, 0.25) is 13.1 Å². The topological polar surface area (TPSA) is 0 Å². The van der Waals surface area contributed by atoms with Crippen molar-refractivity contribution in [1.82, 2.24) is 0 Å². The molecule has 0 aliphatic carbocycles. The van der Waals surface area contributed by atoms with Crippen LogP contribution in [0.5, 0.6) is 0 Å². The van der Waals surface area contributed by atoms with E-state index >= 15 is 0 Å². The largest absolute Gasteiger partial charge is 1.00 e. The predicted molar refractivity (Wildman–Crippen MR) is 282 cm³/mol. The molecule has 0 bridgehead atoms. The molecule has 0 heterocycles. The van der Waals surface area contributed by atoms with Gasteiger partial charge >= 0.3 is 41.9 Å². The van der Waals surface area contributed by atoms with Crippen LogP contribution in [0.1, 0.15) is 111 Å². The summed E-state index contributed by atoms with van der Waals surface area (Å²) >= 11 is 1.74. The minimum atomic E-state index is 0. The first kappa shape index (κ1) is 54.8. The minimum Gasteiger partial charge on any atom is -1.00 e. The molecule has 0 atom stereocenters. The number of fused-ring (bicyclic) bond motifs is 2. The summed E-state index contributed by atoms with van der Waals surface area (Å²) in [5, 5.41) is 5.56. The van der Waals surface area contributed by atoms with Gasteiger partial charge in [-0.05, 0) is 51.7 Å². The second-order valence-electron chi connectivity index (χ2n) is 18.5. The molecule has 8 aromatic rings. The van der Waals surface area contributed by atoms with E-state index in [1.807, 2.05) is 0 Å². The van der Waals surface area contributed by atoms with Gasteiger partial charge in [0.15, 0.2) is 0 Å². The van der Waals surface area contributed by atoms with Crippen molar-refractivity contribution in [2.24, 2.45) is 0 Å². The molecule has 0 aliphatic rings. The standard InChI is InChI=1S/2C30H33.C2H6Si.2ClH.Zr/c2*1-4-5-6-7-8-9-24-20-29-27(25-14-10-22(2)11-15-25)18-19-28(30(29)21-24)26-16-12-23(3)13-17-26;1-3-2;;;/h2*10-21H,4-9H2,1-3H3;1-2H3;2*1H;/q2*-1;;;;+2/p-2. The normalized spacial score (nSPS) is 10.7. The SMILES string of the molecule is CCCCCCCc1cc2c(-c3ccc(C)cc3)ccc(-c3ccc(C)cc3)c2[cH-]1.CCCCCCCc1cc2c(-c3ccc(C)cc3)ccc(-c3ccc(C)cc3)c2[cH-]1.C[Si](C)=[Zr+2].[Cl-].[Cl-]. The first-order chi connectivity index (χ1) is 31.0. The van der Waals surface area contributed by atoms with Crippen LogP contribution in [-0.2, 0) is 36.2 Å². The third-order valence-corrected chi connectivity index (χ3v) is 12.5. The number of rotatable bonds is 16. The van der Waals surface area contributed by atoms with Crippen LogP contribution in [0.15, 0.2) is 146 Å². The molecule has 0 nitrogen and oxygen atoms in total. The number of halogens is 2. The van der Waals surface area contributed by atoms with Crippen molar-refractivity contribution >= 4 is 27.0 Å².